The molecular weight excluding hydrogens is 446 g/mol. The van der Waals surface area contributed by atoms with Crippen molar-refractivity contribution in [1.29, 1.82) is 0 Å². The van der Waals surface area contributed by atoms with Gasteiger partial charge in [0.1, 0.15) is 11.4 Å². The first-order valence-corrected chi connectivity index (χ1v) is 11.9. The summed E-state index contributed by atoms with van der Waals surface area (Å²) >= 11 is 0. The summed E-state index contributed by atoms with van der Waals surface area (Å²) in [4.78, 5) is 43.7. The van der Waals surface area contributed by atoms with Crippen LogP contribution < -0.4 is 16.7 Å². The highest BCUT2D eigenvalue weighted by Crippen LogP contribution is 2.26. The highest BCUT2D eigenvalue weighted by Gasteiger charge is 2.34. The molecule has 9 nitrogen and oxygen atoms in total. The maximum atomic E-state index is 12.8. The van der Waals surface area contributed by atoms with E-state index in [9.17, 15) is 14.4 Å². The van der Waals surface area contributed by atoms with E-state index in [0.717, 1.165) is 5.56 Å². The van der Waals surface area contributed by atoms with Gasteiger partial charge in [0.2, 0.25) is 0 Å². The molecule has 1 amide bonds. The Morgan fingerprint density at radius 1 is 1.11 bits per heavy atom. The van der Waals surface area contributed by atoms with Crippen molar-refractivity contribution in [2.45, 2.75) is 71.1 Å². The molecule has 2 atom stereocenters. The van der Waals surface area contributed by atoms with Gasteiger partial charge in [-0.2, -0.15) is 4.98 Å². The average molecular weight is 484 g/mol. The van der Waals surface area contributed by atoms with Gasteiger partial charge in [-0.05, 0) is 56.4 Å². The Morgan fingerprint density at radius 2 is 1.77 bits per heavy atom. The zero-order valence-corrected chi connectivity index (χ0v) is 21.5. The molecular formula is C26H37N5O4. The Balaban J connectivity index is 1.67. The number of aromatic nitrogens is 2. The van der Waals surface area contributed by atoms with Crippen LogP contribution in [0.25, 0.3) is 0 Å². The van der Waals surface area contributed by atoms with Crippen LogP contribution in [0.1, 0.15) is 69.9 Å². The molecule has 2 heterocycles. The summed E-state index contributed by atoms with van der Waals surface area (Å²) in [6, 6.07) is 8.77. The second kappa shape index (κ2) is 10.3. The van der Waals surface area contributed by atoms with Crippen molar-refractivity contribution in [2.75, 3.05) is 25.0 Å². The summed E-state index contributed by atoms with van der Waals surface area (Å²) in [5, 5.41) is 2.70. The van der Waals surface area contributed by atoms with E-state index in [0.29, 0.717) is 25.1 Å². The van der Waals surface area contributed by atoms with Crippen LogP contribution in [0.3, 0.4) is 0 Å². The molecule has 3 N–H and O–H groups in total. The van der Waals surface area contributed by atoms with Crippen molar-refractivity contribution >= 4 is 17.7 Å². The largest absolute Gasteiger partial charge is 0.459 e. The monoisotopic (exact) mass is 483 g/mol. The molecule has 0 aliphatic carbocycles. The molecule has 0 spiro atoms. The Labute approximate surface area is 206 Å². The summed E-state index contributed by atoms with van der Waals surface area (Å²) in [6.45, 7) is 12.8. The van der Waals surface area contributed by atoms with Crippen LogP contribution in [0.15, 0.2) is 41.3 Å². The molecule has 1 aliphatic rings. The molecule has 1 aliphatic heterocycles. The molecule has 1 saturated heterocycles. The Morgan fingerprint density at radius 3 is 2.31 bits per heavy atom. The molecule has 1 fully saturated rings. The van der Waals surface area contributed by atoms with E-state index in [1.54, 1.807) is 24.4 Å². The number of likely N-dealkylation sites (tertiary alicyclic amines) is 1. The number of carbonyl (C=O) groups excluding carboxylic acids is 2. The number of nitrogens with one attached hydrogen (secondary N) is 1. The number of anilines is 1. The van der Waals surface area contributed by atoms with Crippen LogP contribution in [0.2, 0.25) is 0 Å². The van der Waals surface area contributed by atoms with Crippen LogP contribution in [0.5, 0.6) is 0 Å². The number of ether oxygens (including phenoxy) is 1. The quantitative estimate of drug-likeness (QED) is 0.606. The first-order valence-electron chi connectivity index (χ1n) is 11.9. The number of benzene rings is 1. The Hall–Kier alpha value is -3.04. The third-order valence-corrected chi connectivity index (χ3v) is 6.01. The van der Waals surface area contributed by atoms with Gasteiger partial charge in [-0.25, -0.2) is 4.79 Å². The van der Waals surface area contributed by atoms with E-state index in [1.807, 2.05) is 37.8 Å². The number of nitrogens with zero attached hydrogens (tertiary/aromatic N) is 3. The van der Waals surface area contributed by atoms with Gasteiger partial charge in [-0.1, -0.05) is 32.9 Å². The second-order valence-electron chi connectivity index (χ2n) is 11.1. The fraction of sp³-hybridized carbons (Fsp3) is 0.538. The number of esters is 1. The number of carbonyl (C=O) groups is 2. The van der Waals surface area contributed by atoms with Gasteiger partial charge < -0.3 is 15.8 Å². The maximum Gasteiger partial charge on any atom is 0.349 e. The molecule has 0 unspecified atom stereocenters. The summed E-state index contributed by atoms with van der Waals surface area (Å²) in [7, 11) is 0. The van der Waals surface area contributed by atoms with Gasteiger partial charge in [0.15, 0.2) is 0 Å². The van der Waals surface area contributed by atoms with Crippen molar-refractivity contribution in [3.05, 3.63) is 58.1 Å². The summed E-state index contributed by atoms with van der Waals surface area (Å²) < 4.78 is 6.96. The highest BCUT2D eigenvalue weighted by atomic mass is 16.6. The van der Waals surface area contributed by atoms with Crippen molar-refractivity contribution in [3.8, 4) is 0 Å². The van der Waals surface area contributed by atoms with E-state index in [1.165, 1.54) is 4.57 Å². The smallest absolute Gasteiger partial charge is 0.349 e. The third-order valence-electron chi connectivity index (χ3n) is 6.01. The molecule has 2 aromatic rings. The first kappa shape index (κ1) is 26.6. The van der Waals surface area contributed by atoms with Crippen LogP contribution in [0, 0.1) is 0 Å². The van der Waals surface area contributed by atoms with Crippen LogP contribution in [0.4, 0.5) is 5.82 Å². The van der Waals surface area contributed by atoms with Crippen molar-refractivity contribution in [2.24, 2.45) is 5.73 Å². The molecule has 1 aromatic carbocycles. The van der Waals surface area contributed by atoms with Crippen LogP contribution in [-0.4, -0.2) is 57.6 Å². The number of hydrogen-bond acceptors (Lipinski definition) is 7. The Bertz CT molecular complexity index is 1110. The van der Waals surface area contributed by atoms with Gasteiger partial charge in [0.25, 0.3) is 5.91 Å². The average Bonchev–Trinajstić information content (AvgIpc) is 3.14. The molecule has 9 heteroatoms. The van der Waals surface area contributed by atoms with E-state index in [2.05, 4.69) is 31.1 Å². The highest BCUT2D eigenvalue weighted by molar-refractivity contribution is 6.03. The number of amides is 1. The molecule has 35 heavy (non-hydrogen) atoms. The molecule has 1 aromatic heterocycles. The minimum Gasteiger partial charge on any atom is -0.459 e. The van der Waals surface area contributed by atoms with Crippen molar-refractivity contribution in [1.82, 2.24) is 14.5 Å². The third kappa shape index (κ3) is 6.99. The Kier molecular flexibility index (Phi) is 7.81. The lowest BCUT2D eigenvalue weighted by Gasteiger charge is -2.25. The van der Waals surface area contributed by atoms with Crippen LogP contribution in [-0.2, 0) is 14.9 Å². The van der Waals surface area contributed by atoms with Gasteiger partial charge in [0, 0.05) is 30.9 Å². The van der Waals surface area contributed by atoms with Crippen LogP contribution >= 0.6 is 0 Å². The minimum atomic E-state index is -0.565. The van der Waals surface area contributed by atoms with E-state index in [4.69, 9.17) is 10.5 Å². The molecule has 0 saturated carbocycles. The molecule has 190 valence electrons. The van der Waals surface area contributed by atoms with Gasteiger partial charge >= 0.3 is 11.7 Å². The first-order chi connectivity index (χ1) is 16.3. The summed E-state index contributed by atoms with van der Waals surface area (Å²) in [5.41, 5.74) is 6.51. The SMILES string of the molecule is CC(C)(C)OC(=O)CN1C[C@H](n2ccc(NC(=O)c3ccc(C(C)(C)C)cc3)nc2=O)C[C@@H]1CN. The summed E-state index contributed by atoms with van der Waals surface area (Å²) in [5.74, 6) is -0.464. The maximum absolute atomic E-state index is 12.8. The lowest BCUT2D eigenvalue weighted by atomic mass is 9.87. The van der Waals surface area contributed by atoms with E-state index < -0.39 is 11.3 Å². The lowest BCUT2D eigenvalue weighted by molar-refractivity contribution is -0.156. The zero-order chi connectivity index (χ0) is 26.0. The summed E-state index contributed by atoms with van der Waals surface area (Å²) in [6.07, 6.45) is 2.25. The van der Waals surface area contributed by atoms with Crippen molar-refractivity contribution < 1.29 is 14.3 Å². The molecule has 0 bridgehead atoms. The normalized spacial score (nSPS) is 18.9. The topological polar surface area (TPSA) is 120 Å². The predicted octanol–water partition coefficient (Wildman–Crippen LogP) is 2.71. The number of rotatable bonds is 6. The second-order valence-corrected chi connectivity index (χ2v) is 11.1. The number of nitrogens with two attached hydrogens (primary N) is 1. The fourth-order valence-corrected chi connectivity index (χ4v) is 4.21. The van der Waals surface area contributed by atoms with Gasteiger partial charge in [0.05, 0.1) is 12.6 Å². The lowest BCUT2D eigenvalue weighted by Crippen LogP contribution is -2.41. The van der Waals surface area contributed by atoms with E-state index in [-0.39, 0.29) is 41.7 Å². The fourth-order valence-electron chi connectivity index (χ4n) is 4.21. The van der Waals surface area contributed by atoms with Gasteiger partial charge in [-0.3, -0.25) is 19.1 Å². The van der Waals surface area contributed by atoms with Gasteiger partial charge in [-0.15, -0.1) is 0 Å². The predicted molar refractivity (Wildman–Crippen MR) is 136 cm³/mol. The minimum absolute atomic E-state index is 0.00724. The molecule has 0 radical (unpaired) electrons. The standard InChI is InChI=1S/C26H37N5O4/c1-25(2,3)18-9-7-17(8-10-18)23(33)28-21-11-12-31(24(34)29-21)20-13-19(14-27)30(15-20)16-22(32)35-26(4,5)6/h7-12,19-20H,13-16,27H2,1-6H3,(H,28,29,33,34)/t19-,20-/m1/s1. The number of hydrogen-bond donors (Lipinski definition) is 2. The van der Waals surface area contributed by atoms with Crippen molar-refractivity contribution in [3.63, 3.8) is 0 Å². The molecule has 3 rings (SSSR count). The zero-order valence-electron chi connectivity index (χ0n) is 21.5. The van der Waals surface area contributed by atoms with E-state index >= 15 is 0 Å².